The van der Waals surface area contributed by atoms with Crippen LogP contribution in [0.25, 0.3) is 28.0 Å². The molecule has 1 fully saturated rings. The predicted octanol–water partition coefficient (Wildman–Crippen LogP) is 3.37. The molecule has 0 radical (unpaired) electrons. The van der Waals surface area contributed by atoms with Crippen LogP contribution in [0.15, 0.2) is 41.3 Å². The first kappa shape index (κ1) is 19.7. The van der Waals surface area contributed by atoms with Crippen molar-refractivity contribution in [1.29, 1.82) is 0 Å². The lowest BCUT2D eigenvalue weighted by molar-refractivity contribution is 0.102. The van der Waals surface area contributed by atoms with Crippen LogP contribution in [0.5, 0.6) is 0 Å². The maximum absolute atomic E-state index is 12.5. The van der Waals surface area contributed by atoms with Crippen molar-refractivity contribution in [3.05, 3.63) is 53.8 Å². The zero-order chi connectivity index (χ0) is 21.9. The molecule has 5 rings (SSSR count). The highest BCUT2D eigenvalue weighted by molar-refractivity contribution is 7.93. The molecule has 0 unspecified atom stereocenters. The number of pyridine rings is 1. The molecule has 0 atom stereocenters. The van der Waals surface area contributed by atoms with E-state index in [9.17, 15) is 13.2 Å². The monoisotopic (exact) mass is 438 g/mol. The molecule has 4 aromatic heterocycles. The van der Waals surface area contributed by atoms with Crippen LogP contribution in [-0.2, 0) is 16.9 Å². The predicted molar refractivity (Wildman–Crippen MR) is 116 cm³/mol. The molecule has 0 amide bonds. The van der Waals surface area contributed by atoms with Gasteiger partial charge in [-0.2, -0.15) is 10.2 Å². The fourth-order valence-electron chi connectivity index (χ4n) is 3.93. The summed E-state index contributed by atoms with van der Waals surface area (Å²) in [5, 5.41) is 8.59. The van der Waals surface area contributed by atoms with Gasteiger partial charge in [0, 0.05) is 35.6 Å². The minimum atomic E-state index is -3.36. The van der Waals surface area contributed by atoms with Crippen molar-refractivity contribution < 1.29 is 17.6 Å². The van der Waals surface area contributed by atoms with Gasteiger partial charge in [-0.05, 0) is 44.9 Å². The SMILES string of the molecule is Cc1nn(C)c(C)c1-c1cnn2ccc(-c3cc(C(=O)CS(=O)(=O)C4CC4)co3)cc12. The standard InChI is InChI=1S/C22H22N4O4S/c1-13-22(14(2)25(3)24-13)18-10-23-26-7-6-15(8-19(18)26)21-9-16(11-30-21)20(27)12-31(28,29)17-4-5-17/h6-11,17H,4-5,12H2,1-3H3. The van der Waals surface area contributed by atoms with Gasteiger partial charge in [-0.3, -0.25) is 9.48 Å². The van der Waals surface area contributed by atoms with Gasteiger partial charge in [-0.25, -0.2) is 12.9 Å². The van der Waals surface area contributed by atoms with Gasteiger partial charge in [-0.1, -0.05) is 0 Å². The van der Waals surface area contributed by atoms with Crippen LogP contribution < -0.4 is 0 Å². The van der Waals surface area contributed by atoms with E-state index in [-0.39, 0.29) is 10.8 Å². The van der Waals surface area contributed by atoms with Crippen molar-refractivity contribution in [2.24, 2.45) is 7.05 Å². The molecular formula is C22H22N4O4S. The van der Waals surface area contributed by atoms with Crippen LogP contribution in [-0.4, -0.2) is 44.6 Å². The Morgan fingerprint density at radius 3 is 2.71 bits per heavy atom. The number of Topliss-reactive ketones (excluding diaryl/α,β-unsaturated/α-hetero) is 1. The maximum atomic E-state index is 12.5. The van der Waals surface area contributed by atoms with Gasteiger partial charge in [-0.15, -0.1) is 0 Å². The molecule has 1 saturated carbocycles. The van der Waals surface area contributed by atoms with Crippen LogP contribution in [0.2, 0.25) is 0 Å². The van der Waals surface area contributed by atoms with E-state index in [0.29, 0.717) is 18.6 Å². The number of carbonyl (C=O) groups is 1. The van der Waals surface area contributed by atoms with Crippen LogP contribution in [0, 0.1) is 13.8 Å². The first-order valence-electron chi connectivity index (χ1n) is 10.1. The van der Waals surface area contributed by atoms with E-state index in [0.717, 1.165) is 33.6 Å². The zero-order valence-corrected chi connectivity index (χ0v) is 18.3. The Bertz CT molecular complexity index is 1440. The molecule has 4 heterocycles. The van der Waals surface area contributed by atoms with Gasteiger partial charge in [0.25, 0.3) is 0 Å². The summed E-state index contributed by atoms with van der Waals surface area (Å²) in [5.41, 5.74) is 5.89. The summed E-state index contributed by atoms with van der Waals surface area (Å²) in [6.07, 6.45) is 6.27. The van der Waals surface area contributed by atoms with E-state index in [4.69, 9.17) is 4.42 Å². The molecule has 8 nitrogen and oxygen atoms in total. The molecule has 0 N–H and O–H groups in total. The molecule has 1 aliphatic rings. The number of nitrogens with zero attached hydrogens (tertiary/aromatic N) is 4. The Morgan fingerprint density at radius 2 is 2.03 bits per heavy atom. The number of rotatable bonds is 6. The van der Waals surface area contributed by atoms with Crippen molar-refractivity contribution in [3.8, 4) is 22.5 Å². The Labute approximate surface area is 179 Å². The Hall–Kier alpha value is -3.20. The van der Waals surface area contributed by atoms with Crippen molar-refractivity contribution in [3.63, 3.8) is 0 Å². The Morgan fingerprint density at radius 1 is 1.26 bits per heavy atom. The third-order valence-corrected chi connectivity index (χ3v) is 8.02. The molecule has 0 bridgehead atoms. The normalized spacial score (nSPS) is 14.4. The fourth-order valence-corrected chi connectivity index (χ4v) is 5.56. The highest BCUT2D eigenvalue weighted by atomic mass is 32.2. The van der Waals surface area contributed by atoms with Crippen LogP contribution in [0.1, 0.15) is 34.6 Å². The summed E-state index contributed by atoms with van der Waals surface area (Å²) < 4.78 is 33.5. The molecular weight excluding hydrogens is 416 g/mol. The molecule has 0 spiro atoms. The van der Waals surface area contributed by atoms with Crippen molar-refractivity contribution in [1.82, 2.24) is 19.4 Å². The van der Waals surface area contributed by atoms with Gasteiger partial charge in [0.05, 0.1) is 28.2 Å². The summed E-state index contributed by atoms with van der Waals surface area (Å²) in [4.78, 5) is 12.5. The first-order valence-corrected chi connectivity index (χ1v) is 11.8. The van der Waals surface area contributed by atoms with E-state index >= 15 is 0 Å². The summed E-state index contributed by atoms with van der Waals surface area (Å²) in [6, 6.07) is 5.40. The number of carbonyl (C=O) groups excluding carboxylic acids is 1. The summed E-state index contributed by atoms with van der Waals surface area (Å²) in [6.45, 7) is 3.98. The average molecular weight is 439 g/mol. The lowest BCUT2D eigenvalue weighted by Crippen LogP contribution is -2.19. The minimum absolute atomic E-state index is 0.270. The summed E-state index contributed by atoms with van der Waals surface area (Å²) in [5.74, 6) is -0.404. The lowest BCUT2D eigenvalue weighted by atomic mass is 10.0. The molecule has 4 aromatic rings. The minimum Gasteiger partial charge on any atom is -0.464 e. The van der Waals surface area contributed by atoms with E-state index < -0.39 is 21.4 Å². The third kappa shape index (κ3) is 3.38. The van der Waals surface area contributed by atoms with E-state index in [1.54, 1.807) is 10.6 Å². The van der Waals surface area contributed by atoms with Crippen molar-refractivity contribution >= 4 is 21.1 Å². The number of hydrogen-bond acceptors (Lipinski definition) is 6. The van der Waals surface area contributed by atoms with Crippen molar-refractivity contribution in [2.75, 3.05) is 5.75 Å². The number of sulfone groups is 1. The second kappa shape index (κ2) is 6.91. The maximum Gasteiger partial charge on any atom is 0.181 e. The molecule has 31 heavy (non-hydrogen) atoms. The second-order valence-corrected chi connectivity index (χ2v) is 10.4. The van der Waals surface area contributed by atoms with E-state index in [1.807, 2.05) is 50.1 Å². The van der Waals surface area contributed by atoms with Gasteiger partial charge < -0.3 is 4.42 Å². The fraction of sp³-hybridized carbons (Fsp3) is 0.318. The largest absolute Gasteiger partial charge is 0.464 e. The number of furan rings is 1. The summed E-state index contributed by atoms with van der Waals surface area (Å²) >= 11 is 0. The molecule has 0 aromatic carbocycles. The van der Waals surface area contributed by atoms with Crippen LogP contribution >= 0.6 is 0 Å². The third-order valence-electron chi connectivity index (χ3n) is 5.87. The quantitative estimate of drug-likeness (QED) is 0.428. The van der Waals surface area contributed by atoms with Gasteiger partial charge >= 0.3 is 0 Å². The Balaban J connectivity index is 1.49. The summed E-state index contributed by atoms with van der Waals surface area (Å²) in [7, 11) is -1.45. The number of aryl methyl sites for hydroxylation is 2. The molecule has 1 aliphatic carbocycles. The smallest absolute Gasteiger partial charge is 0.181 e. The topological polar surface area (TPSA) is 99.5 Å². The van der Waals surface area contributed by atoms with Gasteiger partial charge in [0.15, 0.2) is 15.6 Å². The van der Waals surface area contributed by atoms with E-state index in [1.165, 1.54) is 6.26 Å². The number of hydrogen-bond donors (Lipinski definition) is 0. The van der Waals surface area contributed by atoms with E-state index in [2.05, 4.69) is 10.2 Å². The highest BCUT2D eigenvalue weighted by Gasteiger charge is 2.37. The van der Waals surface area contributed by atoms with Crippen LogP contribution in [0.4, 0.5) is 0 Å². The number of aromatic nitrogens is 4. The number of ketones is 1. The molecule has 0 saturated heterocycles. The lowest BCUT2D eigenvalue weighted by Gasteiger charge is -2.03. The zero-order valence-electron chi connectivity index (χ0n) is 17.5. The van der Waals surface area contributed by atoms with Crippen molar-refractivity contribution in [2.45, 2.75) is 31.9 Å². The molecule has 0 aliphatic heterocycles. The van der Waals surface area contributed by atoms with Gasteiger partial charge in [0.1, 0.15) is 17.8 Å². The highest BCUT2D eigenvalue weighted by Crippen LogP contribution is 2.33. The second-order valence-electron chi connectivity index (χ2n) is 8.10. The van der Waals surface area contributed by atoms with Crippen LogP contribution in [0.3, 0.4) is 0 Å². The van der Waals surface area contributed by atoms with Gasteiger partial charge in [0.2, 0.25) is 0 Å². The number of fused-ring (bicyclic) bond motifs is 1. The Kier molecular flexibility index (Phi) is 4.40. The first-order chi connectivity index (χ1) is 14.7. The molecule has 9 heteroatoms. The molecule has 160 valence electrons. The average Bonchev–Trinajstić information content (AvgIpc) is 3.26.